The lowest BCUT2D eigenvalue weighted by Crippen LogP contribution is -2.21. The van der Waals surface area contributed by atoms with Gasteiger partial charge < -0.3 is 4.74 Å². The number of rotatable bonds is 0. The van der Waals surface area contributed by atoms with Crippen LogP contribution in [0.5, 0.6) is 5.75 Å². The van der Waals surface area contributed by atoms with Crippen LogP contribution in [0.1, 0.15) is 31.9 Å². The summed E-state index contributed by atoms with van der Waals surface area (Å²) in [7, 11) is 0. The molecule has 0 unspecified atom stereocenters. The molecule has 0 bridgehead atoms. The van der Waals surface area contributed by atoms with E-state index in [0.717, 1.165) is 16.9 Å². The Morgan fingerprint density at radius 1 is 1.31 bits per heavy atom. The topological polar surface area (TPSA) is 26.3 Å². The van der Waals surface area contributed by atoms with Crippen molar-refractivity contribution < 1.29 is 9.53 Å². The average molecular weight is 239 g/mol. The Morgan fingerprint density at radius 3 is 2.62 bits per heavy atom. The molecule has 0 aliphatic carbocycles. The van der Waals surface area contributed by atoms with Crippen molar-refractivity contribution in [1.29, 1.82) is 0 Å². The van der Waals surface area contributed by atoms with E-state index in [1.165, 1.54) is 0 Å². The fraction of sp³-hybridized carbons (Fsp3) is 0.462. The molecule has 1 aromatic carbocycles. The summed E-state index contributed by atoms with van der Waals surface area (Å²) in [6, 6.07) is 3.82. The number of hydrogen-bond acceptors (Lipinski definition) is 2. The van der Waals surface area contributed by atoms with Crippen LogP contribution in [0.3, 0.4) is 0 Å². The number of carbonyl (C=O) groups excluding carboxylic acids is 1. The minimum Gasteiger partial charge on any atom is -0.486 e. The lowest BCUT2D eigenvalue weighted by molar-refractivity contribution is -0.121. The number of halogens is 1. The van der Waals surface area contributed by atoms with Crippen LogP contribution in [0.15, 0.2) is 12.1 Å². The number of ketones is 1. The van der Waals surface area contributed by atoms with Gasteiger partial charge in [0.15, 0.2) is 5.78 Å². The molecule has 0 amide bonds. The predicted molar refractivity (Wildman–Crippen MR) is 64.4 cm³/mol. The molecule has 0 saturated carbocycles. The summed E-state index contributed by atoms with van der Waals surface area (Å²) < 4.78 is 5.42. The third kappa shape index (κ3) is 2.07. The first-order valence-corrected chi connectivity index (χ1v) is 5.73. The summed E-state index contributed by atoms with van der Waals surface area (Å²) in [5, 5.41) is 0.713. The highest BCUT2D eigenvalue weighted by Crippen LogP contribution is 2.36. The van der Waals surface area contributed by atoms with E-state index in [4.69, 9.17) is 16.3 Å². The van der Waals surface area contributed by atoms with Crippen molar-refractivity contribution in [3.05, 3.63) is 28.3 Å². The number of ether oxygens (including phenoxy) is 1. The summed E-state index contributed by atoms with van der Waals surface area (Å²) in [5.74, 6) is 0.904. The number of Topliss-reactive ketones (excluding diaryl/α,β-unsaturated/α-hetero) is 1. The standard InChI is InChI=1S/C13H15ClO2/c1-13(2,3)10-6-12-8(5-11(10)14)4-9(15)7-16-12/h5-6H,4,7H2,1-3H3. The van der Waals surface area contributed by atoms with E-state index < -0.39 is 0 Å². The molecule has 16 heavy (non-hydrogen) atoms. The largest absolute Gasteiger partial charge is 0.486 e. The number of carbonyl (C=O) groups is 1. The highest BCUT2D eigenvalue weighted by molar-refractivity contribution is 6.31. The Bertz CT molecular complexity index is 444. The minimum absolute atomic E-state index is 0.0169. The van der Waals surface area contributed by atoms with Crippen molar-refractivity contribution in [1.82, 2.24) is 0 Å². The summed E-state index contributed by atoms with van der Waals surface area (Å²) in [4.78, 5) is 11.3. The molecule has 0 atom stereocenters. The maximum absolute atomic E-state index is 11.3. The molecule has 2 nitrogen and oxygen atoms in total. The van der Waals surface area contributed by atoms with Crippen LogP contribution in [-0.4, -0.2) is 12.4 Å². The lowest BCUT2D eigenvalue weighted by Gasteiger charge is -2.24. The van der Waals surface area contributed by atoms with E-state index in [9.17, 15) is 4.79 Å². The minimum atomic E-state index is -0.0169. The van der Waals surface area contributed by atoms with Crippen molar-refractivity contribution in [2.45, 2.75) is 32.6 Å². The summed E-state index contributed by atoms with van der Waals surface area (Å²) in [6.07, 6.45) is 0.430. The van der Waals surface area contributed by atoms with Gasteiger partial charge in [0.05, 0.1) is 0 Å². The van der Waals surface area contributed by atoms with Gasteiger partial charge in [-0.25, -0.2) is 0 Å². The van der Waals surface area contributed by atoms with Crippen LogP contribution in [0.4, 0.5) is 0 Å². The first-order valence-electron chi connectivity index (χ1n) is 5.35. The molecule has 1 aliphatic heterocycles. The molecule has 0 saturated heterocycles. The number of benzene rings is 1. The zero-order valence-electron chi connectivity index (χ0n) is 9.76. The zero-order chi connectivity index (χ0) is 11.9. The Kier molecular flexibility index (Phi) is 2.70. The monoisotopic (exact) mass is 238 g/mol. The van der Waals surface area contributed by atoms with Crippen LogP contribution in [-0.2, 0) is 16.6 Å². The van der Waals surface area contributed by atoms with Crippen LogP contribution >= 0.6 is 11.6 Å². The molecule has 0 aromatic heterocycles. The molecule has 0 spiro atoms. The second-order valence-electron chi connectivity index (χ2n) is 5.19. The highest BCUT2D eigenvalue weighted by Gasteiger charge is 2.23. The molecule has 3 heteroatoms. The molecule has 2 rings (SSSR count). The highest BCUT2D eigenvalue weighted by atomic mass is 35.5. The van der Waals surface area contributed by atoms with Crippen LogP contribution in [0.2, 0.25) is 5.02 Å². The molecule has 1 aromatic rings. The fourth-order valence-electron chi connectivity index (χ4n) is 1.86. The van der Waals surface area contributed by atoms with Gasteiger partial charge in [0.2, 0.25) is 0 Å². The molecular weight excluding hydrogens is 224 g/mol. The Hall–Kier alpha value is -1.02. The second-order valence-corrected chi connectivity index (χ2v) is 5.60. The maximum atomic E-state index is 11.3. The zero-order valence-corrected chi connectivity index (χ0v) is 10.5. The number of hydrogen-bond donors (Lipinski definition) is 0. The predicted octanol–water partition coefficient (Wildman–Crippen LogP) is 3.14. The van der Waals surface area contributed by atoms with Crippen molar-refractivity contribution in [2.24, 2.45) is 0 Å². The quantitative estimate of drug-likeness (QED) is 0.694. The molecule has 0 N–H and O–H groups in total. The van der Waals surface area contributed by atoms with Crippen molar-refractivity contribution >= 4 is 17.4 Å². The van der Waals surface area contributed by atoms with Crippen LogP contribution < -0.4 is 4.74 Å². The van der Waals surface area contributed by atoms with Gasteiger partial charge in [0, 0.05) is 17.0 Å². The Labute approximate surface area is 101 Å². The van der Waals surface area contributed by atoms with Crippen molar-refractivity contribution in [3.8, 4) is 5.75 Å². The maximum Gasteiger partial charge on any atom is 0.174 e. The van der Waals surface area contributed by atoms with Gasteiger partial charge in [-0.2, -0.15) is 0 Å². The summed E-state index contributed by atoms with van der Waals surface area (Å²) in [5.41, 5.74) is 1.94. The van der Waals surface area contributed by atoms with E-state index in [1.54, 1.807) is 0 Å². The SMILES string of the molecule is CC(C)(C)c1cc2c(cc1Cl)CC(=O)CO2. The van der Waals surface area contributed by atoms with Gasteiger partial charge in [-0.15, -0.1) is 0 Å². The molecule has 0 radical (unpaired) electrons. The molecule has 1 aliphatic rings. The van der Waals surface area contributed by atoms with Gasteiger partial charge in [0.25, 0.3) is 0 Å². The first-order chi connectivity index (χ1) is 7.38. The number of fused-ring (bicyclic) bond motifs is 1. The van der Waals surface area contributed by atoms with E-state index >= 15 is 0 Å². The van der Waals surface area contributed by atoms with Gasteiger partial charge >= 0.3 is 0 Å². The van der Waals surface area contributed by atoms with Crippen LogP contribution in [0, 0.1) is 0 Å². The first kappa shape index (κ1) is 11.5. The van der Waals surface area contributed by atoms with Gasteiger partial charge in [-0.05, 0) is 23.1 Å². The van der Waals surface area contributed by atoms with E-state index in [0.29, 0.717) is 11.4 Å². The smallest absolute Gasteiger partial charge is 0.174 e. The van der Waals surface area contributed by atoms with E-state index in [-0.39, 0.29) is 17.8 Å². The summed E-state index contributed by atoms with van der Waals surface area (Å²) in [6.45, 7) is 6.50. The lowest BCUT2D eigenvalue weighted by atomic mass is 9.85. The average Bonchev–Trinajstić information content (AvgIpc) is 2.14. The summed E-state index contributed by atoms with van der Waals surface area (Å²) >= 11 is 6.23. The molecular formula is C13H15ClO2. The van der Waals surface area contributed by atoms with Crippen molar-refractivity contribution in [3.63, 3.8) is 0 Å². The molecule has 0 fully saturated rings. The Morgan fingerprint density at radius 2 is 2.00 bits per heavy atom. The van der Waals surface area contributed by atoms with Crippen molar-refractivity contribution in [2.75, 3.05) is 6.61 Å². The normalized spacial score (nSPS) is 15.6. The van der Waals surface area contributed by atoms with Gasteiger partial charge in [0.1, 0.15) is 12.4 Å². The van der Waals surface area contributed by atoms with E-state index in [2.05, 4.69) is 20.8 Å². The molecule has 1 heterocycles. The van der Waals surface area contributed by atoms with Gasteiger partial charge in [-0.3, -0.25) is 4.79 Å². The Balaban J connectivity index is 2.50. The van der Waals surface area contributed by atoms with E-state index in [1.807, 2.05) is 12.1 Å². The third-order valence-corrected chi connectivity index (χ3v) is 3.05. The third-order valence-electron chi connectivity index (χ3n) is 2.73. The fourth-order valence-corrected chi connectivity index (χ4v) is 2.33. The van der Waals surface area contributed by atoms with Gasteiger partial charge in [-0.1, -0.05) is 32.4 Å². The molecule has 86 valence electrons. The van der Waals surface area contributed by atoms with Crippen LogP contribution in [0.25, 0.3) is 0 Å². The second kappa shape index (κ2) is 3.77.